The molecule has 0 aliphatic heterocycles. The zero-order valence-corrected chi connectivity index (χ0v) is 15.6. The van der Waals surface area contributed by atoms with E-state index in [0.29, 0.717) is 33.4 Å². The van der Waals surface area contributed by atoms with Crippen molar-refractivity contribution < 1.29 is 9.59 Å². The molecule has 0 spiro atoms. The van der Waals surface area contributed by atoms with Crippen molar-refractivity contribution in [2.45, 2.75) is 6.92 Å². The summed E-state index contributed by atoms with van der Waals surface area (Å²) in [5.74, 6) is -0.580. The van der Waals surface area contributed by atoms with Crippen LogP contribution in [0.4, 0.5) is 5.69 Å². The maximum Gasteiger partial charge on any atom is 0.257 e. The number of hydrogen-bond donors (Lipinski definition) is 3. The van der Waals surface area contributed by atoms with Crippen LogP contribution in [0.25, 0.3) is 0 Å². The number of rotatable bonds is 4. The summed E-state index contributed by atoms with van der Waals surface area (Å²) < 4.78 is 0. The Morgan fingerprint density at radius 3 is 2.12 bits per heavy atom. The summed E-state index contributed by atoms with van der Waals surface area (Å²) in [6, 6.07) is 11.2. The molecule has 0 aliphatic rings. The van der Waals surface area contributed by atoms with Crippen LogP contribution in [-0.2, 0) is 0 Å². The Labute approximate surface area is 160 Å². The first kappa shape index (κ1) is 19.2. The van der Waals surface area contributed by atoms with E-state index >= 15 is 0 Å². The van der Waals surface area contributed by atoms with Gasteiger partial charge in [-0.2, -0.15) is 0 Å². The van der Waals surface area contributed by atoms with E-state index in [1.807, 2.05) is 6.92 Å². The number of carbonyl (C=O) groups is 2. The molecule has 0 fully saturated rings. The van der Waals surface area contributed by atoms with Crippen molar-refractivity contribution in [2.75, 3.05) is 11.9 Å². The first-order chi connectivity index (χ1) is 11.9. The number of benzene rings is 2. The van der Waals surface area contributed by atoms with Crippen LogP contribution in [0.3, 0.4) is 0 Å². The van der Waals surface area contributed by atoms with Crippen LogP contribution in [0, 0.1) is 0 Å². The first-order valence-corrected chi connectivity index (χ1v) is 8.52. The lowest BCUT2D eigenvalue weighted by Crippen LogP contribution is -2.34. The molecular weight excluding hydrogens is 381 g/mol. The zero-order valence-electron chi connectivity index (χ0n) is 13.2. The van der Waals surface area contributed by atoms with E-state index < -0.39 is 5.91 Å². The highest BCUT2D eigenvalue weighted by Gasteiger charge is 2.10. The molecule has 0 bridgehead atoms. The Kier molecular flexibility index (Phi) is 6.75. The van der Waals surface area contributed by atoms with Crippen molar-refractivity contribution in [2.24, 2.45) is 0 Å². The average Bonchev–Trinajstić information content (AvgIpc) is 2.54. The van der Waals surface area contributed by atoms with Crippen molar-refractivity contribution in [3.05, 3.63) is 63.6 Å². The van der Waals surface area contributed by atoms with Gasteiger partial charge in [0.15, 0.2) is 5.11 Å². The number of halogens is 2. The van der Waals surface area contributed by atoms with Gasteiger partial charge < -0.3 is 10.6 Å². The molecule has 2 aromatic rings. The fourth-order valence-electron chi connectivity index (χ4n) is 1.99. The maximum atomic E-state index is 12.2. The van der Waals surface area contributed by atoms with Crippen LogP contribution in [-0.4, -0.2) is 23.5 Å². The fourth-order valence-corrected chi connectivity index (χ4v) is 2.73. The van der Waals surface area contributed by atoms with Gasteiger partial charge in [-0.15, -0.1) is 0 Å². The zero-order chi connectivity index (χ0) is 18.4. The summed E-state index contributed by atoms with van der Waals surface area (Å²) in [4.78, 5) is 23.9. The normalized spacial score (nSPS) is 10.0. The SMILES string of the molecule is CCNC(=O)c1ccc(NC(=S)NC(=O)c2cc(Cl)cc(Cl)c2)cc1. The van der Waals surface area contributed by atoms with Crippen LogP contribution in [0.15, 0.2) is 42.5 Å². The molecule has 0 saturated heterocycles. The van der Waals surface area contributed by atoms with E-state index in [0.717, 1.165) is 0 Å². The number of carbonyl (C=O) groups excluding carboxylic acids is 2. The van der Waals surface area contributed by atoms with E-state index in [4.69, 9.17) is 35.4 Å². The van der Waals surface area contributed by atoms with Gasteiger partial charge in [0.05, 0.1) is 0 Å². The van der Waals surface area contributed by atoms with Crippen LogP contribution < -0.4 is 16.0 Å². The van der Waals surface area contributed by atoms with Gasteiger partial charge >= 0.3 is 0 Å². The van der Waals surface area contributed by atoms with E-state index in [9.17, 15) is 9.59 Å². The second-order valence-electron chi connectivity index (χ2n) is 5.00. The quantitative estimate of drug-likeness (QED) is 0.687. The predicted molar refractivity (Wildman–Crippen MR) is 105 cm³/mol. The average molecular weight is 396 g/mol. The topological polar surface area (TPSA) is 70.2 Å². The molecule has 3 N–H and O–H groups in total. The Balaban J connectivity index is 1.97. The summed E-state index contributed by atoms with van der Waals surface area (Å²) in [7, 11) is 0. The van der Waals surface area contributed by atoms with Gasteiger partial charge in [0.1, 0.15) is 0 Å². The van der Waals surface area contributed by atoms with Gasteiger partial charge in [-0.25, -0.2) is 0 Å². The predicted octanol–water partition coefficient (Wildman–Crippen LogP) is 3.87. The standard InChI is InChI=1S/C17H15Cl2N3O2S/c1-2-20-15(23)10-3-5-14(6-4-10)21-17(25)22-16(24)11-7-12(18)9-13(19)8-11/h3-9H,2H2,1H3,(H,20,23)(H2,21,22,24,25). The maximum absolute atomic E-state index is 12.2. The molecule has 0 atom stereocenters. The molecule has 0 aliphatic carbocycles. The van der Waals surface area contributed by atoms with Gasteiger partial charge in [0, 0.05) is 33.4 Å². The molecule has 0 unspecified atom stereocenters. The molecule has 0 heterocycles. The van der Waals surface area contributed by atoms with E-state index in [1.54, 1.807) is 24.3 Å². The summed E-state index contributed by atoms with van der Waals surface area (Å²) in [5.41, 5.74) is 1.48. The van der Waals surface area contributed by atoms with Gasteiger partial charge in [-0.05, 0) is 61.6 Å². The minimum Gasteiger partial charge on any atom is -0.352 e. The Morgan fingerprint density at radius 1 is 0.960 bits per heavy atom. The third kappa shape index (κ3) is 5.70. The minimum atomic E-state index is -0.430. The largest absolute Gasteiger partial charge is 0.352 e. The molecule has 0 radical (unpaired) electrons. The summed E-state index contributed by atoms with van der Waals surface area (Å²) in [5, 5.41) is 8.96. The van der Waals surface area contributed by atoms with Crippen molar-refractivity contribution in [1.82, 2.24) is 10.6 Å². The molecule has 8 heteroatoms. The van der Waals surface area contributed by atoms with Crippen molar-refractivity contribution >= 4 is 58.0 Å². The lowest BCUT2D eigenvalue weighted by molar-refractivity contribution is 0.0953. The number of amides is 2. The van der Waals surface area contributed by atoms with Crippen LogP contribution >= 0.6 is 35.4 Å². The highest BCUT2D eigenvalue weighted by molar-refractivity contribution is 7.80. The van der Waals surface area contributed by atoms with Crippen LogP contribution in [0.1, 0.15) is 27.6 Å². The molecule has 5 nitrogen and oxygen atoms in total. The molecule has 0 aromatic heterocycles. The lowest BCUT2D eigenvalue weighted by Gasteiger charge is -2.10. The third-order valence-electron chi connectivity index (χ3n) is 3.09. The molecule has 2 aromatic carbocycles. The van der Waals surface area contributed by atoms with Crippen LogP contribution in [0.5, 0.6) is 0 Å². The van der Waals surface area contributed by atoms with Gasteiger partial charge in [-0.3, -0.25) is 14.9 Å². The fraction of sp³-hybridized carbons (Fsp3) is 0.118. The number of hydrogen-bond acceptors (Lipinski definition) is 3. The Hall–Kier alpha value is -2.15. The van der Waals surface area contributed by atoms with Crippen LogP contribution in [0.2, 0.25) is 10.0 Å². The van der Waals surface area contributed by atoms with Gasteiger partial charge in [0.25, 0.3) is 11.8 Å². The lowest BCUT2D eigenvalue weighted by atomic mass is 10.2. The highest BCUT2D eigenvalue weighted by Crippen LogP contribution is 2.19. The van der Waals surface area contributed by atoms with E-state index in [1.165, 1.54) is 18.2 Å². The van der Waals surface area contributed by atoms with Crippen molar-refractivity contribution in [3.63, 3.8) is 0 Å². The second kappa shape index (κ2) is 8.80. The molecule has 130 valence electrons. The third-order valence-corrected chi connectivity index (χ3v) is 3.73. The number of thiocarbonyl (C=S) groups is 1. The second-order valence-corrected chi connectivity index (χ2v) is 6.28. The number of nitrogens with one attached hydrogen (secondary N) is 3. The molecule has 2 amide bonds. The minimum absolute atomic E-state index is 0.117. The Bertz CT molecular complexity index is 790. The molecular formula is C17H15Cl2N3O2S. The summed E-state index contributed by atoms with van der Waals surface area (Å²) >= 11 is 16.9. The van der Waals surface area contributed by atoms with Gasteiger partial charge in [-0.1, -0.05) is 23.2 Å². The highest BCUT2D eigenvalue weighted by atomic mass is 35.5. The number of anilines is 1. The Morgan fingerprint density at radius 2 is 1.56 bits per heavy atom. The molecule has 25 heavy (non-hydrogen) atoms. The van der Waals surface area contributed by atoms with E-state index in [2.05, 4.69) is 16.0 Å². The smallest absolute Gasteiger partial charge is 0.257 e. The molecule has 2 rings (SSSR count). The molecule has 0 saturated carbocycles. The van der Waals surface area contributed by atoms with Crippen molar-refractivity contribution in [3.8, 4) is 0 Å². The summed E-state index contributed by atoms with van der Waals surface area (Å²) in [6.07, 6.45) is 0. The first-order valence-electron chi connectivity index (χ1n) is 7.35. The summed E-state index contributed by atoms with van der Waals surface area (Å²) in [6.45, 7) is 2.41. The monoisotopic (exact) mass is 395 g/mol. The van der Waals surface area contributed by atoms with E-state index in [-0.39, 0.29) is 11.0 Å². The van der Waals surface area contributed by atoms with Gasteiger partial charge in [0.2, 0.25) is 0 Å². The van der Waals surface area contributed by atoms with Crippen molar-refractivity contribution in [1.29, 1.82) is 0 Å².